The summed E-state index contributed by atoms with van der Waals surface area (Å²) in [6.07, 6.45) is 10.8. The van der Waals surface area contributed by atoms with Gasteiger partial charge in [-0.25, -0.2) is 0 Å². The standard InChI is InChI=1S/C11H16O/c1-2-3-4-7-10-8-5-6-9-11(10)12/h2-4,10H,1,5-9H2/b4-3+/t10-/m1/s1. The van der Waals surface area contributed by atoms with Crippen LogP contribution in [0, 0.1) is 5.92 Å². The monoisotopic (exact) mass is 164 g/mol. The van der Waals surface area contributed by atoms with Gasteiger partial charge in [-0.05, 0) is 19.3 Å². The Morgan fingerprint density at radius 1 is 1.50 bits per heavy atom. The largest absolute Gasteiger partial charge is 0.299 e. The summed E-state index contributed by atoms with van der Waals surface area (Å²) in [4.78, 5) is 11.3. The first-order chi connectivity index (χ1) is 5.84. The first-order valence-corrected chi connectivity index (χ1v) is 4.65. The van der Waals surface area contributed by atoms with Crippen molar-refractivity contribution in [2.75, 3.05) is 0 Å². The Bertz CT molecular complexity index is 191. The van der Waals surface area contributed by atoms with Crippen molar-refractivity contribution < 1.29 is 4.79 Å². The first-order valence-electron chi connectivity index (χ1n) is 4.65. The van der Waals surface area contributed by atoms with Gasteiger partial charge < -0.3 is 0 Å². The van der Waals surface area contributed by atoms with Gasteiger partial charge in [-0.3, -0.25) is 4.79 Å². The van der Waals surface area contributed by atoms with Crippen LogP contribution >= 0.6 is 0 Å². The zero-order valence-corrected chi connectivity index (χ0v) is 7.46. The molecule has 1 rings (SSSR count). The molecule has 0 heterocycles. The summed E-state index contributed by atoms with van der Waals surface area (Å²) in [5.74, 6) is 0.755. The van der Waals surface area contributed by atoms with Gasteiger partial charge in [-0.1, -0.05) is 31.2 Å². The van der Waals surface area contributed by atoms with Crippen molar-refractivity contribution in [3.05, 3.63) is 24.8 Å². The molecule has 1 atom stereocenters. The molecule has 0 saturated heterocycles. The maximum absolute atomic E-state index is 11.3. The molecule has 0 amide bonds. The lowest BCUT2D eigenvalue weighted by Gasteiger charge is -2.18. The van der Waals surface area contributed by atoms with Gasteiger partial charge in [0.2, 0.25) is 0 Å². The van der Waals surface area contributed by atoms with Gasteiger partial charge in [0, 0.05) is 12.3 Å². The van der Waals surface area contributed by atoms with E-state index in [9.17, 15) is 4.79 Å². The number of Topliss-reactive ketones (excluding diaryl/α,β-unsaturated/α-hetero) is 1. The molecule has 0 radical (unpaired) electrons. The second-order valence-electron chi connectivity index (χ2n) is 3.31. The summed E-state index contributed by atoms with van der Waals surface area (Å²) in [6, 6.07) is 0. The van der Waals surface area contributed by atoms with E-state index in [0.717, 1.165) is 25.7 Å². The summed E-state index contributed by atoms with van der Waals surface area (Å²) in [5, 5.41) is 0. The highest BCUT2D eigenvalue weighted by molar-refractivity contribution is 5.81. The van der Waals surface area contributed by atoms with E-state index in [1.807, 2.05) is 12.2 Å². The molecule has 0 aromatic carbocycles. The average Bonchev–Trinajstić information content (AvgIpc) is 2.09. The van der Waals surface area contributed by atoms with E-state index < -0.39 is 0 Å². The first kappa shape index (κ1) is 9.24. The van der Waals surface area contributed by atoms with Crippen LogP contribution in [0.2, 0.25) is 0 Å². The number of hydrogen-bond donors (Lipinski definition) is 0. The Morgan fingerprint density at radius 2 is 2.33 bits per heavy atom. The number of hydrogen-bond acceptors (Lipinski definition) is 1. The molecule has 0 aliphatic heterocycles. The van der Waals surface area contributed by atoms with Gasteiger partial charge in [0.1, 0.15) is 5.78 Å². The Balaban J connectivity index is 2.34. The van der Waals surface area contributed by atoms with E-state index >= 15 is 0 Å². The van der Waals surface area contributed by atoms with Gasteiger partial charge >= 0.3 is 0 Å². The van der Waals surface area contributed by atoms with Crippen LogP contribution in [0.3, 0.4) is 0 Å². The second-order valence-corrected chi connectivity index (χ2v) is 3.31. The number of carbonyl (C=O) groups excluding carboxylic acids is 1. The van der Waals surface area contributed by atoms with Crippen LogP contribution in [0.1, 0.15) is 32.1 Å². The van der Waals surface area contributed by atoms with E-state index in [-0.39, 0.29) is 0 Å². The fourth-order valence-electron chi connectivity index (χ4n) is 1.64. The van der Waals surface area contributed by atoms with Crippen LogP contribution < -0.4 is 0 Å². The van der Waals surface area contributed by atoms with Crippen LogP contribution in [0.5, 0.6) is 0 Å². The third kappa shape index (κ3) is 2.65. The van der Waals surface area contributed by atoms with Crippen molar-refractivity contribution in [3.63, 3.8) is 0 Å². The summed E-state index contributed by atoms with van der Waals surface area (Å²) >= 11 is 0. The van der Waals surface area contributed by atoms with Crippen LogP contribution in [0.25, 0.3) is 0 Å². The molecular weight excluding hydrogens is 148 g/mol. The van der Waals surface area contributed by atoms with E-state index in [0.29, 0.717) is 11.7 Å². The molecule has 1 aliphatic rings. The molecule has 1 aliphatic carbocycles. The zero-order valence-electron chi connectivity index (χ0n) is 7.46. The quantitative estimate of drug-likeness (QED) is 0.586. The van der Waals surface area contributed by atoms with Crippen LogP contribution in [0.15, 0.2) is 24.8 Å². The minimum atomic E-state index is 0.301. The maximum Gasteiger partial charge on any atom is 0.136 e. The van der Waals surface area contributed by atoms with Crippen LogP contribution in [-0.2, 0) is 4.79 Å². The maximum atomic E-state index is 11.3. The van der Waals surface area contributed by atoms with E-state index in [1.54, 1.807) is 6.08 Å². The number of carbonyl (C=O) groups is 1. The molecular formula is C11H16O. The van der Waals surface area contributed by atoms with Gasteiger partial charge in [0.05, 0.1) is 0 Å². The lowest BCUT2D eigenvalue weighted by atomic mass is 9.86. The van der Waals surface area contributed by atoms with E-state index in [1.165, 1.54) is 6.42 Å². The third-order valence-corrected chi connectivity index (χ3v) is 2.37. The summed E-state index contributed by atoms with van der Waals surface area (Å²) < 4.78 is 0. The highest BCUT2D eigenvalue weighted by Gasteiger charge is 2.20. The average molecular weight is 164 g/mol. The predicted molar refractivity (Wildman–Crippen MR) is 50.9 cm³/mol. The molecule has 1 heteroatoms. The minimum absolute atomic E-state index is 0.301. The van der Waals surface area contributed by atoms with E-state index in [4.69, 9.17) is 0 Å². The summed E-state index contributed by atoms with van der Waals surface area (Å²) in [6.45, 7) is 3.59. The number of rotatable bonds is 3. The molecule has 0 aromatic rings. The fraction of sp³-hybridized carbons (Fsp3) is 0.545. The third-order valence-electron chi connectivity index (χ3n) is 2.37. The number of ketones is 1. The molecule has 12 heavy (non-hydrogen) atoms. The van der Waals surface area contributed by atoms with Gasteiger partial charge in [-0.15, -0.1) is 0 Å². The zero-order chi connectivity index (χ0) is 8.81. The van der Waals surface area contributed by atoms with Crippen molar-refractivity contribution in [1.82, 2.24) is 0 Å². The van der Waals surface area contributed by atoms with E-state index in [2.05, 4.69) is 6.58 Å². The molecule has 66 valence electrons. The lowest BCUT2D eigenvalue weighted by Crippen LogP contribution is -2.17. The normalized spacial score (nSPS) is 24.7. The summed E-state index contributed by atoms with van der Waals surface area (Å²) in [7, 11) is 0. The van der Waals surface area contributed by atoms with Crippen LogP contribution in [-0.4, -0.2) is 5.78 Å². The Morgan fingerprint density at radius 3 is 3.00 bits per heavy atom. The molecule has 1 saturated carbocycles. The Labute approximate surface area is 74.2 Å². The van der Waals surface area contributed by atoms with Crippen molar-refractivity contribution in [1.29, 1.82) is 0 Å². The van der Waals surface area contributed by atoms with Crippen molar-refractivity contribution in [2.45, 2.75) is 32.1 Å². The van der Waals surface area contributed by atoms with Crippen molar-refractivity contribution in [2.24, 2.45) is 5.92 Å². The summed E-state index contributed by atoms with van der Waals surface area (Å²) in [5.41, 5.74) is 0. The molecule has 1 nitrogen and oxygen atoms in total. The Kier molecular flexibility index (Phi) is 3.78. The molecule has 0 aromatic heterocycles. The minimum Gasteiger partial charge on any atom is -0.299 e. The van der Waals surface area contributed by atoms with Crippen molar-refractivity contribution >= 4 is 5.78 Å². The SMILES string of the molecule is C=C/C=C/C[C@@H]1CCCCC1=O. The Hall–Kier alpha value is -0.850. The molecule has 0 N–H and O–H groups in total. The second kappa shape index (κ2) is 4.91. The highest BCUT2D eigenvalue weighted by atomic mass is 16.1. The molecule has 1 fully saturated rings. The molecule has 0 unspecified atom stereocenters. The topological polar surface area (TPSA) is 17.1 Å². The number of allylic oxidation sites excluding steroid dienone is 3. The van der Waals surface area contributed by atoms with Gasteiger partial charge in [0.15, 0.2) is 0 Å². The molecule has 0 bridgehead atoms. The van der Waals surface area contributed by atoms with Crippen LogP contribution in [0.4, 0.5) is 0 Å². The van der Waals surface area contributed by atoms with Gasteiger partial charge in [0.25, 0.3) is 0 Å². The fourth-order valence-corrected chi connectivity index (χ4v) is 1.64. The highest BCUT2D eigenvalue weighted by Crippen LogP contribution is 2.23. The molecule has 0 spiro atoms. The van der Waals surface area contributed by atoms with Crippen molar-refractivity contribution in [3.8, 4) is 0 Å². The predicted octanol–water partition coefficient (Wildman–Crippen LogP) is 2.88. The van der Waals surface area contributed by atoms with Gasteiger partial charge in [-0.2, -0.15) is 0 Å². The lowest BCUT2D eigenvalue weighted by molar-refractivity contribution is -0.124. The smallest absolute Gasteiger partial charge is 0.136 e.